The lowest BCUT2D eigenvalue weighted by Gasteiger charge is -2.30. The molecule has 1 aliphatic rings. The third-order valence-electron chi connectivity index (χ3n) is 3.47. The Balaban J connectivity index is 1.83. The predicted octanol–water partition coefficient (Wildman–Crippen LogP) is 1.79. The molecule has 0 aliphatic carbocycles. The van der Waals surface area contributed by atoms with Gasteiger partial charge in [0.05, 0.1) is 13.1 Å². The Kier molecular flexibility index (Phi) is 3.21. The molecule has 0 radical (unpaired) electrons. The van der Waals surface area contributed by atoms with Crippen molar-refractivity contribution in [1.29, 1.82) is 0 Å². The van der Waals surface area contributed by atoms with E-state index in [1.807, 2.05) is 0 Å². The van der Waals surface area contributed by atoms with E-state index in [-0.39, 0.29) is 0 Å². The van der Waals surface area contributed by atoms with Crippen LogP contribution < -0.4 is 10.6 Å². The van der Waals surface area contributed by atoms with Crippen molar-refractivity contribution in [3.05, 3.63) is 41.0 Å². The molecule has 1 aromatic heterocycles. The summed E-state index contributed by atoms with van der Waals surface area (Å²) in [6.07, 6.45) is 2.31. The lowest BCUT2D eigenvalue weighted by atomic mass is 9.99. The number of nitrogens with zero attached hydrogens (tertiary/aromatic N) is 3. The summed E-state index contributed by atoms with van der Waals surface area (Å²) in [5, 5.41) is 3.96. The average molecular weight is 258 g/mol. The molecule has 0 amide bonds. The Labute approximate surface area is 112 Å². The minimum absolute atomic E-state index is 0.294. The minimum Gasteiger partial charge on any atom is -0.364 e. The van der Waals surface area contributed by atoms with Crippen LogP contribution >= 0.6 is 0 Å². The standard InChI is InChI=1S/C14H18N4O/c1-10-4-5-12-11(7-10)3-2-6-18(12)9-13-16-14(8-15)19-17-13/h4-5,7H,2-3,6,8-9,15H2,1H3. The highest BCUT2D eigenvalue weighted by molar-refractivity contribution is 5.56. The molecule has 5 heteroatoms. The van der Waals surface area contributed by atoms with Crippen LogP contribution in [-0.2, 0) is 19.5 Å². The van der Waals surface area contributed by atoms with Gasteiger partial charge < -0.3 is 15.2 Å². The molecular formula is C14H18N4O. The van der Waals surface area contributed by atoms with Crippen LogP contribution in [0.25, 0.3) is 0 Å². The molecule has 1 aliphatic heterocycles. The Morgan fingerprint density at radius 1 is 1.42 bits per heavy atom. The van der Waals surface area contributed by atoms with Crippen molar-refractivity contribution in [3.8, 4) is 0 Å². The van der Waals surface area contributed by atoms with Crippen molar-refractivity contribution >= 4 is 5.69 Å². The van der Waals surface area contributed by atoms with Gasteiger partial charge in [0, 0.05) is 12.2 Å². The normalized spacial score (nSPS) is 14.5. The molecule has 19 heavy (non-hydrogen) atoms. The molecule has 0 saturated heterocycles. The topological polar surface area (TPSA) is 68.2 Å². The first-order valence-electron chi connectivity index (χ1n) is 6.62. The first kappa shape index (κ1) is 12.2. The van der Waals surface area contributed by atoms with Gasteiger partial charge in [-0.3, -0.25) is 0 Å². The predicted molar refractivity (Wildman–Crippen MR) is 72.7 cm³/mol. The maximum Gasteiger partial charge on any atom is 0.240 e. The average Bonchev–Trinajstić information content (AvgIpc) is 2.86. The van der Waals surface area contributed by atoms with Crippen LogP contribution in [0.15, 0.2) is 22.7 Å². The first-order chi connectivity index (χ1) is 9.26. The van der Waals surface area contributed by atoms with Crippen molar-refractivity contribution in [1.82, 2.24) is 10.1 Å². The molecule has 0 spiro atoms. The van der Waals surface area contributed by atoms with Crippen LogP contribution in [0.2, 0.25) is 0 Å². The fourth-order valence-electron chi connectivity index (χ4n) is 2.58. The van der Waals surface area contributed by atoms with Gasteiger partial charge in [0.2, 0.25) is 5.89 Å². The summed E-state index contributed by atoms with van der Waals surface area (Å²) >= 11 is 0. The van der Waals surface area contributed by atoms with Crippen molar-refractivity contribution in [2.45, 2.75) is 32.9 Å². The minimum atomic E-state index is 0.294. The maximum absolute atomic E-state index is 5.48. The molecule has 1 aromatic carbocycles. The molecule has 2 aromatic rings. The van der Waals surface area contributed by atoms with E-state index in [1.54, 1.807) is 0 Å². The lowest BCUT2D eigenvalue weighted by molar-refractivity contribution is 0.374. The van der Waals surface area contributed by atoms with Gasteiger partial charge in [-0.2, -0.15) is 4.98 Å². The van der Waals surface area contributed by atoms with E-state index < -0.39 is 0 Å². The summed E-state index contributed by atoms with van der Waals surface area (Å²) in [7, 11) is 0. The SMILES string of the molecule is Cc1ccc2c(c1)CCCN2Cc1noc(CN)n1. The quantitative estimate of drug-likeness (QED) is 0.909. The number of aromatic nitrogens is 2. The van der Waals surface area contributed by atoms with Crippen LogP contribution in [0.3, 0.4) is 0 Å². The molecule has 5 nitrogen and oxygen atoms in total. The summed E-state index contributed by atoms with van der Waals surface area (Å²) in [6.45, 7) is 4.14. The second-order valence-corrected chi connectivity index (χ2v) is 4.97. The third kappa shape index (κ3) is 2.46. The van der Waals surface area contributed by atoms with Gasteiger partial charge in [-0.25, -0.2) is 0 Å². The van der Waals surface area contributed by atoms with Crippen molar-refractivity contribution in [2.75, 3.05) is 11.4 Å². The smallest absolute Gasteiger partial charge is 0.240 e. The van der Waals surface area contributed by atoms with Gasteiger partial charge in [0.15, 0.2) is 5.82 Å². The fourth-order valence-corrected chi connectivity index (χ4v) is 2.58. The molecule has 0 saturated carbocycles. The fraction of sp³-hybridized carbons (Fsp3) is 0.429. The number of fused-ring (bicyclic) bond motifs is 1. The number of rotatable bonds is 3. The highest BCUT2D eigenvalue weighted by Crippen LogP contribution is 2.28. The van der Waals surface area contributed by atoms with E-state index in [4.69, 9.17) is 10.3 Å². The Morgan fingerprint density at radius 3 is 3.11 bits per heavy atom. The molecule has 2 N–H and O–H groups in total. The number of nitrogens with two attached hydrogens (primary N) is 1. The number of benzene rings is 1. The van der Waals surface area contributed by atoms with Crippen molar-refractivity contribution in [2.24, 2.45) is 5.73 Å². The van der Waals surface area contributed by atoms with Gasteiger partial charge in [-0.05, 0) is 31.4 Å². The summed E-state index contributed by atoms with van der Waals surface area (Å²) in [4.78, 5) is 6.58. The zero-order valence-corrected chi connectivity index (χ0v) is 11.1. The summed E-state index contributed by atoms with van der Waals surface area (Å²) < 4.78 is 5.05. The molecular weight excluding hydrogens is 240 g/mol. The van der Waals surface area contributed by atoms with Crippen LogP contribution in [0.1, 0.15) is 29.3 Å². The summed E-state index contributed by atoms with van der Waals surface area (Å²) in [5.74, 6) is 1.20. The first-order valence-corrected chi connectivity index (χ1v) is 6.62. The summed E-state index contributed by atoms with van der Waals surface area (Å²) in [6, 6.07) is 6.61. The molecule has 0 bridgehead atoms. The maximum atomic E-state index is 5.48. The van der Waals surface area contributed by atoms with Gasteiger partial charge in [-0.1, -0.05) is 22.9 Å². The van der Waals surface area contributed by atoms with E-state index in [0.29, 0.717) is 24.8 Å². The molecule has 0 atom stereocenters. The molecule has 0 unspecified atom stereocenters. The lowest BCUT2D eigenvalue weighted by Crippen LogP contribution is -2.29. The second-order valence-electron chi connectivity index (χ2n) is 4.97. The monoisotopic (exact) mass is 258 g/mol. The van der Waals surface area contributed by atoms with Gasteiger partial charge in [0.1, 0.15) is 0 Å². The molecule has 3 rings (SSSR count). The largest absolute Gasteiger partial charge is 0.364 e. The molecule has 0 fully saturated rings. The van der Waals surface area contributed by atoms with Gasteiger partial charge >= 0.3 is 0 Å². The van der Waals surface area contributed by atoms with Crippen LogP contribution in [-0.4, -0.2) is 16.7 Å². The molecule has 2 heterocycles. The van der Waals surface area contributed by atoms with Crippen LogP contribution in [0.5, 0.6) is 0 Å². The van der Waals surface area contributed by atoms with Crippen LogP contribution in [0.4, 0.5) is 5.69 Å². The highest BCUT2D eigenvalue weighted by atomic mass is 16.5. The third-order valence-corrected chi connectivity index (χ3v) is 3.47. The molecule has 100 valence electrons. The zero-order chi connectivity index (χ0) is 13.2. The second kappa shape index (κ2) is 5.01. The Hall–Kier alpha value is -1.88. The van der Waals surface area contributed by atoms with E-state index in [1.165, 1.54) is 16.8 Å². The van der Waals surface area contributed by atoms with E-state index in [9.17, 15) is 0 Å². The van der Waals surface area contributed by atoms with E-state index >= 15 is 0 Å². The zero-order valence-electron chi connectivity index (χ0n) is 11.1. The number of hydrogen-bond donors (Lipinski definition) is 1. The van der Waals surface area contributed by atoms with Crippen molar-refractivity contribution < 1.29 is 4.52 Å². The highest BCUT2D eigenvalue weighted by Gasteiger charge is 2.18. The van der Waals surface area contributed by atoms with E-state index in [2.05, 4.69) is 40.2 Å². The van der Waals surface area contributed by atoms with Crippen molar-refractivity contribution in [3.63, 3.8) is 0 Å². The number of aryl methyl sites for hydroxylation is 2. The Morgan fingerprint density at radius 2 is 2.32 bits per heavy atom. The van der Waals surface area contributed by atoms with Gasteiger partial charge in [-0.15, -0.1) is 0 Å². The number of hydrogen-bond acceptors (Lipinski definition) is 5. The van der Waals surface area contributed by atoms with E-state index in [0.717, 1.165) is 19.4 Å². The number of anilines is 1. The summed E-state index contributed by atoms with van der Waals surface area (Å²) in [5.41, 5.74) is 9.49. The van der Waals surface area contributed by atoms with Crippen LogP contribution in [0, 0.1) is 6.92 Å². The van der Waals surface area contributed by atoms with Gasteiger partial charge in [0.25, 0.3) is 0 Å². The Bertz CT molecular complexity index is 579.